The summed E-state index contributed by atoms with van der Waals surface area (Å²) in [6.45, 7) is 2.68. The van der Waals surface area contributed by atoms with E-state index in [9.17, 15) is 18.0 Å². The molecule has 0 aliphatic carbocycles. The molecule has 6 nitrogen and oxygen atoms in total. The number of nitrogens with zero attached hydrogens (tertiary/aromatic N) is 1. The Labute approximate surface area is 179 Å². The van der Waals surface area contributed by atoms with Crippen LogP contribution in [0, 0.1) is 0 Å². The van der Waals surface area contributed by atoms with E-state index in [2.05, 4.69) is 20.9 Å². The molecule has 0 spiro atoms. The number of nitrogens with one attached hydrogen (secondary N) is 3. The molecule has 168 valence electrons. The van der Waals surface area contributed by atoms with Gasteiger partial charge in [-0.1, -0.05) is 25.1 Å². The third-order valence-electron chi connectivity index (χ3n) is 4.52. The lowest BCUT2D eigenvalue weighted by Gasteiger charge is -2.20. The molecule has 0 bridgehead atoms. The topological polar surface area (TPSA) is 74.8 Å². The summed E-state index contributed by atoms with van der Waals surface area (Å²) < 4.78 is 44.4. The molecule has 1 unspecified atom stereocenters. The predicted octanol–water partition coefficient (Wildman–Crippen LogP) is 3.59. The summed E-state index contributed by atoms with van der Waals surface area (Å²) in [6, 6.07) is 12.0. The summed E-state index contributed by atoms with van der Waals surface area (Å²) in [5.41, 5.74) is 0.714. The number of carbonyl (C=O) groups is 1. The lowest BCUT2D eigenvalue weighted by Crippen LogP contribution is -2.42. The van der Waals surface area contributed by atoms with Crippen molar-refractivity contribution in [2.75, 3.05) is 20.6 Å². The van der Waals surface area contributed by atoms with Crippen LogP contribution in [-0.2, 0) is 12.7 Å². The van der Waals surface area contributed by atoms with Crippen molar-refractivity contribution in [3.63, 3.8) is 0 Å². The summed E-state index contributed by atoms with van der Waals surface area (Å²) in [7, 11) is 3.19. The first-order valence-electron chi connectivity index (χ1n) is 9.86. The Hall–Kier alpha value is -3.23. The van der Waals surface area contributed by atoms with Gasteiger partial charge in [0.2, 0.25) is 0 Å². The third kappa shape index (κ3) is 7.51. The van der Waals surface area contributed by atoms with E-state index in [0.717, 1.165) is 17.7 Å². The standard InChI is InChI=1S/C22H27F3N4O2/c1-4-18(31-19-10-6-9-17(12-19)22(23,24)25)14-29-21(27-3)28-13-15-7-5-8-16(11-15)20(30)26-2/h5-12,18H,4,13-14H2,1-3H3,(H,26,30)(H2,27,28,29). The average molecular weight is 436 g/mol. The largest absolute Gasteiger partial charge is 0.489 e. The van der Waals surface area contributed by atoms with Gasteiger partial charge in [-0.3, -0.25) is 9.79 Å². The maximum absolute atomic E-state index is 12.9. The van der Waals surface area contributed by atoms with E-state index < -0.39 is 11.7 Å². The molecule has 0 saturated carbocycles. The monoisotopic (exact) mass is 436 g/mol. The molecule has 2 aromatic carbocycles. The van der Waals surface area contributed by atoms with Gasteiger partial charge in [-0.25, -0.2) is 0 Å². The van der Waals surface area contributed by atoms with Gasteiger partial charge >= 0.3 is 6.18 Å². The number of ether oxygens (including phenoxy) is 1. The van der Waals surface area contributed by atoms with Gasteiger partial charge in [0.1, 0.15) is 11.9 Å². The highest BCUT2D eigenvalue weighted by Crippen LogP contribution is 2.31. The molecular weight excluding hydrogens is 409 g/mol. The van der Waals surface area contributed by atoms with Gasteiger partial charge in [-0.15, -0.1) is 0 Å². The zero-order valence-corrected chi connectivity index (χ0v) is 17.7. The number of rotatable bonds is 8. The van der Waals surface area contributed by atoms with Crippen molar-refractivity contribution >= 4 is 11.9 Å². The van der Waals surface area contributed by atoms with Crippen LogP contribution < -0.4 is 20.7 Å². The highest BCUT2D eigenvalue weighted by Gasteiger charge is 2.30. The van der Waals surface area contributed by atoms with Crippen LogP contribution in [0.2, 0.25) is 0 Å². The van der Waals surface area contributed by atoms with Crippen LogP contribution in [0.5, 0.6) is 5.75 Å². The minimum absolute atomic E-state index is 0.164. The molecule has 0 radical (unpaired) electrons. The van der Waals surface area contributed by atoms with Crippen LogP contribution in [-0.4, -0.2) is 38.6 Å². The van der Waals surface area contributed by atoms with Crippen LogP contribution in [0.25, 0.3) is 0 Å². The molecule has 2 aromatic rings. The number of benzene rings is 2. The van der Waals surface area contributed by atoms with Crippen LogP contribution in [0.3, 0.4) is 0 Å². The van der Waals surface area contributed by atoms with Crippen LogP contribution >= 0.6 is 0 Å². The molecule has 0 aromatic heterocycles. The van der Waals surface area contributed by atoms with Crippen molar-refractivity contribution in [1.82, 2.24) is 16.0 Å². The minimum Gasteiger partial charge on any atom is -0.489 e. The van der Waals surface area contributed by atoms with Crippen LogP contribution in [0.4, 0.5) is 13.2 Å². The van der Waals surface area contributed by atoms with Crippen LogP contribution in [0.15, 0.2) is 53.5 Å². The quantitative estimate of drug-likeness (QED) is 0.437. The molecular formula is C22H27F3N4O2. The van der Waals surface area contributed by atoms with Gasteiger partial charge in [0.15, 0.2) is 5.96 Å². The number of carbonyl (C=O) groups excluding carboxylic acids is 1. The second-order valence-corrected chi connectivity index (χ2v) is 6.76. The lowest BCUT2D eigenvalue weighted by atomic mass is 10.1. The molecule has 0 heterocycles. The number of guanidine groups is 1. The first-order chi connectivity index (χ1) is 14.8. The maximum Gasteiger partial charge on any atom is 0.416 e. The predicted molar refractivity (Wildman–Crippen MR) is 114 cm³/mol. The number of hydrogen-bond acceptors (Lipinski definition) is 3. The fraction of sp³-hybridized carbons (Fsp3) is 0.364. The maximum atomic E-state index is 12.9. The number of hydrogen-bond donors (Lipinski definition) is 3. The van der Waals surface area contributed by atoms with Gasteiger partial charge in [-0.05, 0) is 42.3 Å². The summed E-state index contributed by atoms with van der Waals surface area (Å²) in [4.78, 5) is 15.9. The highest BCUT2D eigenvalue weighted by molar-refractivity contribution is 5.94. The molecule has 0 fully saturated rings. The number of alkyl halides is 3. The molecule has 0 saturated heterocycles. The second-order valence-electron chi connectivity index (χ2n) is 6.76. The molecule has 31 heavy (non-hydrogen) atoms. The van der Waals surface area contributed by atoms with Gasteiger partial charge in [0.05, 0.1) is 12.1 Å². The van der Waals surface area contributed by atoms with E-state index in [-0.39, 0.29) is 17.8 Å². The fourth-order valence-corrected chi connectivity index (χ4v) is 2.79. The van der Waals surface area contributed by atoms with E-state index in [1.165, 1.54) is 12.1 Å². The van der Waals surface area contributed by atoms with E-state index in [0.29, 0.717) is 31.0 Å². The van der Waals surface area contributed by atoms with E-state index in [1.807, 2.05) is 13.0 Å². The van der Waals surface area contributed by atoms with Crippen molar-refractivity contribution in [2.24, 2.45) is 4.99 Å². The Morgan fingerprint density at radius 1 is 1.13 bits per heavy atom. The zero-order chi connectivity index (χ0) is 22.9. The Bertz CT molecular complexity index is 900. The molecule has 0 aliphatic rings. The molecule has 9 heteroatoms. The first-order valence-corrected chi connectivity index (χ1v) is 9.86. The Balaban J connectivity index is 1.91. The molecule has 1 atom stereocenters. The third-order valence-corrected chi connectivity index (χ3v) is 4.52. The van der Waals surface area contributed by atoms with E-state index in [4.69, 9.17) is 4.74 Å². The number of amides is 1. The summed E-state index contributed by atoms with van der Waals surface area (Å²) >= 11 is 0. The van der Waals surface area contributed by atoms with Crippen molar-refractivity contribution in [2.45, 2.75) is 32.2 Å². The molecule has 0 aliphatic heterocycles. The van der Waals surface area contributed by atoms with Crippen molar-refractivity contribution in [1.29, 1.82) is 0 Å². The molecule has 1 amide bonds. The Kier molecular flexibility index (Phi) is 8.72. The minimum atomic E-state index is -4.42. The first kappa shape index (κ1) is 24.0. The van der Waals surface area contributed by atoms with E-state index in [1.54, 1.807) is 32.3 Å². The van der Waals surface area contributed by atoms with Crippen molar-refractivity contribution < 1.29 is 22.7 Å². The van der Waals surface area contributed by atoms with Gasteiger partial charge in [-0.2, -0.15) is 13.2 Å². The smallest absolute Gasteiger partial charge is 0.416 e. The van der Waals surface area contributed by atoms with E-state index >= 15 is 0 Å². The Morgan fingerprint density at radius 3 is 2.52 bits per heavy atom. The van der Waals surface area contributed by atoms with Gasteiger partial charge in [0, 0.05) is 26.2 Å². The lowest BCUT2D eigenvalue weighted by molar-refractivity contribution is -0.137. The van der Waals surface area contributed by atoms with Crippen molar-refractivity contribution in [3.8, 4) is 5.75 Å². The summed E-state index contributed by atoms with van der Waals surface area (Å²) in [5.74, 6) is 0.510. The molecule has 2 rings (SSSR count). The van der Waals surface area contributed by atoms with Crippen LogP contribution in [0.1, 0.15) is 34.8 Å². The van der Waals surface area contributed by atoms with Crippen molar-refractivity contribution in [3.05, 3.63) is 65.2 Å². The highest BCUT2D eigenvalue weighted by atomic mass is 19.4. The zero-order valence-electron chi connectivity index (χ0n) is 17.7. The van der Waals surface area contributed by atoms with Gasteiger partial charge < -0.3 is 20.7 Å². The normalized spacial score (nSPS) is 12.8. The Morgan fingerprint density at radius 2 is 1.87 bits per heavy atom. The van der Waals surface area contributed by atoms with Gasteiger partial charge in [0.25, 0.3) is 5.91 Å². The SMILES string of the molecule is CCC(CNC(=NC)NCc1cccc(C(=O)NC)c1)Oc1cccc(C(F)(F)F)c1. The summed E-state index contributed by atoms with van der Waals surface area (Å²) in [5, 5.41) is 8.85. The molecule has 3 N–H and O–H groups in total. The summed E-state index contributed by atoms with van der Waals surface area (Å²) in [6.07, 6.45) is -4.17. The number of halogens is 3. The second kappa shape index (κ2) is 11.2. The fourth-order valence-electron chi connectivity index (χ4n) is 2.79. The average Bonchev–Trinajstić information content (AvgIpc) is 2.77. The number of aliphatic imine (C=N–C) groups is 1.